The number of nitrogens with zero attached hydrogens (tertiary/aromatic N) is 2. The molecule has 182 valence electrons. The van der Waals surface area contributed by atoms with Crippen LogP contribution >= 0.6 is 0 Å². The zero-order chi connectivity index (χ0) is 24.6. The van der Waals surface area contributed by atoms with Crippen LogP contribution in [0.2, 0.25) is 0 Å². The first-order valence-corrected chi connectivity index (χ1v) is 11.9. The molecule has 1 saturated heterocycles. The Morgan fingerprint density at radius 2 is 1.49 bits per heavy atom. The minimum Gasteiger partial charge on any atom is -0.457 e. The molecule has 4 rings (SSSR count). The molecular formula is C28H30FN3O3. The highest BCUT2D eigenvalue weighted by atomic mass is 19.1. The summed E-state index contributed by atoms with van der Waals surface area (Å²) < 4.78 is 18.9. The number of ether oxygens (including phenoxy) is 1. The Morgan fingerprint density at radius 1 is 0.857 bits per heavy atom. The van der Waals surface area contributed by atoms with Gasteiger partial charge in [-0.3, -0.25) is 9.59 Å². The van der Waals surface area contributed by atoms with Crippen molar-refractivity contribution in [1.29, 1.82) is 0 Å². The maximum absolute atomic E-state index is 13.1. The van der Waals surface area contributed by atoms with Crippen LogP contribution in [0.3, 0.4) is 0 Å². The lowest BCUT2D eigenvalue weighted by atomic mass is 10.0. The van der Waals surface area contributed by atoms with Gasteiger partial charge in [-0.25, -0.2) is 4.39 Å². The number of piperazine rings is 1. The zero-order valence-corrected chi connectivity index (χ0v) is 19.8. The Balaban J connectivity index is 1.19. The minimum atomic E-state index is -0.255. The van der Waals surface area contributed by atoms with Crippen LogP contribution < -0.4 is 15.0 Å². The number of halogens is 1. The molecule has 7 heteroatoms. The molecule has 6 nitrogen and oxygen atoms in total. The topological polar surface area (TPSA) is 61.9 Å². The molecule has 1 fully saturated rings. The fourth-order valence-electron chi connectivity index (χ4n) is 4.12. The number of carbonyl (C=O) groups excluding carboxylic acids is 2. The highest BCUT2D eigenvalue weighted by Crippen LogP contribution is 2.23. The van der Waals surface area contributed by atoms with E-state index in [0.717, 1.165) is 11.4 Å². The smallest absolute Gasteiger partial charge is 0.224 e. The summed E-state index contributed by atoms with van der Waals surface area (Å²) in [6, 6.07) is 23.1. The molecule has 0 radical (unpaired) electrons. The predicted molar refractivity (Wildman–Crippen MR) is 135 cm³/mol. The van der Waals surface area contributed by atoms with Crippen molar-refractivity contribution >= 4 is 23.2 Å². The number of carbonyl (C=O) groups is 2. The van der Waals surface area contributed by atoms with Crippen LogP contribution in [0.15, 0.2) is 78.9 Å². The highest BCUT2D eigenvalue weighted by Gasteiger charge is 2.23. The summed E-state index contributed by atoms with van der Waals surface area (Å²) >= 11 is 0. The van der Waals surface area contributed by atoms with Gasteiger partial charge in [-0.05, 0) is 66.6 Å². The van der Waals surface area contributed by atoms with E-state index in [1.165, 1.54) is 12.1 Å². The number of rotatable bonds is 8. The van der Waals surface area contributed by atoms with Crippen molar-refractivity contribution in [1.82, 2.24) is 4.90 Å². The van der Waals surface area contributed by atoms with E-state index in [1.807, 2.05) is 42.2 Å². The molecule has 0 aromatic heterocycles. The Labute approximate surface area is 205 Å². The number of hydrogen-bond acceptors (Lipinski definition) is 4. The van der Waals surface area contributed by atoms with E-state index >= 15 is 0 Å². The van der Waals surface area contributed by atoms with Crippen molar-refractivity contribution in [2.45, 2.75) is 19.8 Å². The molecule has 1 N–H and O–H groups in total. The number of benzene rings is 3. The highest BCUT2D eigenvalue weighted by molar-refractivity contribution is 5.91. The van der Waals surface area contributed by atoms with Crippen LogP contribution in [0.25, 0.3) is 0 Å². The number of hydrogen-bond donors (Lipinski definition) is 1. The molecule has 1 unspecified atom stereocenters. The predicted octanol–water partition coefficient (Wildman–Crippen LogP) is 5.32. The van der Waals surface area contributed by atoms with Crippen LogP contribution in [0, 0.1) is 11.7 Å². The Bertz CT molecular complexity index is 1110. The summed E-state index contributed by atoms with van der Waals surface area (Å²) in [5.74, 6) is 1.05. The van der Waals surface area contributed by atoms with Gasteiger partial charge in [-0.1, -0.05) is 25.1 Å². The Kier molecular flexibility index (Phi) is 7.98. The van der Waals surface area contributed by atoms with Crippen LogP contribution in [0.4, 0.5) is 15.8 Å². The maximum Gasteiger partial charge on any atom is 0.224 e. The van der Waals surface area contributed by atoms with E-state index in [9.17, 15) is 14.0 Å². The third-order valence-electron chi connectivity index (χ3n) is 6.00. The van der Waals surface area contributed by atoms with Crippen LogP contribution in [0.1, 0.15) is 19.8 Å². The standard InChI is InChI=1S/C28H30FN3O3/c1-21(20-28(34)32-17-15-31(16-18-32)24-11-7-22(29)8-12-24)19-27(33)30-23-9-13-26(14-10-23)35-25-5-3-2-4-6-25/h2-14,21H,15-20H2,1H3,(H,30,33). The number of nitrogens with one attached hydrogen (secondary N) is 1. The molecule has 0 saturated carbocycles. The van der Waals surface area contributed by atoms with Gasteiger partial charge in [0.25, 0.3) is 0 Å². The van der Waals surface area contributed by atoms with Crippen molar-refractivity contribution in [3.8, 4) is 11.5 Å². The second kappa shape index (κ2) is 11.5. The van der Waals surface area contributed by atoms with E-state index < -0.39 is 0 Å². The zero-order valence-electron chi connectivity index (χ0n) is 19.8. The molecule has 1 aliphatic rings. The van der Waals surface area contributed by atoms with E-state index in [4.69, 9.17) is 4.74 Å². The lowest BCUT2D eigenvalue weighted by Gasteiger charge is -2.36. The van der Waals surface area contributed by atoms with Gasteiger partial charge in [0, 0.05) is 50.4 Å². The SMILES string of the molecule is CC(CC(=O)Nc1ccc(Oc2ccccc2)cc1)CC(=O)N1CCN(c2ccc(F)cc2)CC1. The molecule has 0 aliphatic carbocycles. The molecule has 35 heavy (non-hydrogen) atoms. The van der Waals surface area contributed by atoms with E-state index in [0.29, 0.717) is 44.0 Å². The molecular weight excluding hydrogens is 445 g/mol. The van der Waals surface area contributed by atoms with Gasteiger partial charge in [0.15, 0.2) is 0 Å². The van der Waals surface area contributed by atoms with Gasteiger partial charge in [0.05, 0.1) is 0 Å². The third-order valence-corrected chi connectivity index (χ3v) is 6.00. The van der Waals surface area contributed by atoms with Crippen molar-refractivity contribution < 1.29 is 18.7 Å². The van der Waals surface area contributed by atoms with Crippen molar-refractivity contribution in [3.63, 3.8) is 0 Å². The minimum absolute atomic E-state index is 0.0615. The van der Waals surface area contributed by atoms with Gasteiger partial charge >= 0.3 is 0 Å². The molecule has 1 heterocycles. The molecule has 2 amide bonds. The molecule has 0 bridgehead atoms. The van der Waals surface area contributed by atoms with Gasteiger partial charge in [0.2, 0.25) is 11.8 Å². The van der Waals surface area contributed by atoms with Gasteiger partial charge in [0.1, 0.15) is 17.3 Å². The number of anilines is 2. The normalized spacial score (nSPS) is 14.3. The summed E-state index contributed by atoms with van der Waals surface area (Å²) in [7, 11) is 0. The Hall–Kier alpha value is -3.87. The maximum atomic E-state index is 13.1. The second-order valence-corrected chi connectivity index (χ2v) is 8.85. The molecule has 3 aromatic carbocycles. The van der Waals surface area contributed by atoms with Crippen LogP contribution in [-0.2, 0) is 9.59 Å². The lowest BCUT2D eigenvalue weighted by molar-refractivity contribution is -0.132. The van der Waals surface area contributed by atoms with Gasteiger partial charge < -0.3 is 19.9 Å². The van der Waals surface area contributed by atoms with Gasteiger partial charge in [-0.15, -0.1) is 0 Å². The quantitative estimate of drug-likeness (QED) is 0.479. The average Bonchev–Trinajstić information content (AvgIpc) is 2.86. The largest absolute Gasteiger partial charge is 0.457 e. The van der Waals surface area contributed by atoms with Crippen molar-refractivity contribution in [3.05, 3.63) is 84.7 Å². The van der Waals surface area contributed by atoms with Crippen molar-refractivity contribution in [2.75, 3.05) is 36.4 Å². The van der Waals surface area contributed by atoms with Gasteiger partial charge in [-0.2, -0.15) is 0 Å². The molecule has 1 atom stereocenters. The molecule has 0 spiro atoms. The van der Waals surface area contributed by atoms with Crippen LogP contribution in [-0.4, -0.2) is 42.9 Å². The summed E-state index contributed by atoms with van der Waals surface area (Å²) in [6.07, 6.45) is 0.595. The first-order chi connectivity index (χ1) is 17.0. The lowest BCUT2D eigenvalue weighted by Crippen LogP contribution is -2.49. The monoisotopic (exact) mass is 475 g/mol. The first kappa shape index (κ1) is 24.3. The third kappa shape index (κ3) is 7.06. The van der Waals surface area contributed by atoms with Crippen molar-refractivity contribution in [2.24, 2.45) is 5.92 Å². The Morgan fingerprint density at radius 3 is 2.14 bits per heavy atom. The summed E-state index contributed by atoms with van der Waals surface area (Å²) in [5.41, 5.74) is 1.65. The number of para-hydroxylation sites is 1. The summed E-state index contributed by atoms with van der Waals surface area (Å²) in [5, 5.41) is 2.89. The second-order valence-electron chi connectivity index (χ2n) is 8.85. The summed E-state index contributed by atoms with van der Waals surface area (Å²) in [6.45, 7) is 4.56. The van der Waals surface area contributed by atoms with Crippen LogP contribution in [0.5, 0.6) is 11.5 Å². The van der Waals surface area contributed by atoms with E-state index in [1.54, 1.807) is 36.4 Å². The fourth-order valence-corrected chi connectivity index (χ4v) is 4.12. The average molecular weight is 476 g/mol. The molecule has 3 aromatic rings. The molecule has 1 aliphatic heterocycles. The van der Waals surface area contributed by atoms with E-state index in [2.05, 4.69) is 10.2 Å². The first-order valence-electron chi connectivity index (χ1n) is 11.9. The summed E-state index contributed by atoms with van der Waals surface area (Å²) in [4.78, 5) is 29.2. The van der Waals surface area contributed by atoms with E-state index in [-0.39, 0.29) is 30.0 Å². The number of amides is 2. The fraction of sp³-hybridized carbons (Fsp3) is 0.286.